The molecule has 0 spiro atoms. The Morgan fingerprint density at radius 2 is 2.50 bits per heavy atom. The van der Waals surface area contributed by atoms with Crippen LogP contribution in [0.3, 0.4) is 0 Å². The summed E-state index contributed by atoms with van der Waals surface area (Å²) in [6, 6.07) is 0. The molecule has 2 nitrogen and oxygen atoms in total. The molecule has 0 saturated carbocycles. The van der Waals surface area contributed by atoms with Crippen molar-refractivity contribution in [1.29, 1.82) is 0 Å². The van der Waals surface area contributed by atoms with Gasteiger partial charge in [-0.3, -0.25) is 0 Å². The normalized spacial score (nSPS) is 17.0. The Morgan fingerprint density at radius 1 is 1.80 bits per heavy atom. The fraction of sp³-hybridized carbons (Fsp3) is 0.375. The van der Waals surface area contributed by atoms with Crippen molar-refractivity contribution in [2.45, 2.75) is 13.3 Å². The summed E-state index contributed by atoms with van der Waals surface area (Å²) in [5, 5.41) is 0. The van der Waals surface area contributed by atoms with Crippen LogP contribution in [0.5, 0.6) is 0 Å². The van der Waals surface area contributed by atoms with Crippen LogP contribution in [-0.4, -0.2) is 12.6 Å². The summed E-state index contributed by atoms with van der Waals surface area (Å²) in [5.41, 5.74) is 1.36. The topological polar surface area (TPSA) is 26.3 Å². The monoisotopic (exact) mass is 136 g/mol. The molecule has 0 amide bonds. The van der Waals surface area contributed by atoms with Crippen molar-refractivity contribution >= 4 is 5.97 Å². The minimum Gasteiger partial charge on any atom is -0.457 e. The van der Waals surface area contributed by atoms with E-state index < -0.39 is 0 Å². The maximum Gasteiger partial charge on any atom is 0.335 e. The lowest BCUT2D eigenvalue weighted by Gasteiger charge is -1.89. The lowest BCUT2D eigenvalue weighted by Crippen LogP contribution is -1.97. The molecule has 1 heterocycles. The number of rotatable bonds is 1. The van der Waals surface area contributed by atoms with Gasteiger partial charge in [-0.05, 0) is 6.42 Å². The lowest BCUT2D eigenvalue weighted by atomic mass is 10.1. The zero-order valence-electron chi connectivity index (χ0n) is 5.81. The molecule has 0 aliphatic carbocycles. The Morgan fingerprint density at radius 3 is 2.90 bits per heavy atom. The number of carbonyl (C=O) groups is 1. The second-order valence-electron chi connectivity index (χ2n) is 2.03. The van der Waals surface area contributed by atoms with E-state index in [1.807, 2.05) is 6.92 Å². The van der Waals surface area contributed by atoms with E-state index in [0.717, 1.165) is 0 Å². The number of cyclic esters (lactones) is 1. The van der Waals surface area contributed by atoms with Crippen molar-refractivity contribution < 1.29 is 9.53 Å². The highest BCUT2D eigenvalue weighted by molar-refractivity contribution is 5.92. The first-order valence-electron chi connectivity index (χ1n) is 3.15. The van der Waals surface area contributed by atoms with Crippen LogP contribution in [0.1, 0.15) is 13.3 Å². The van der Waals surface area contributed by atoms with Crippen molar-refractivity contribution in [3.63, 3.8) is 0 Å². The molecular formula is C8H8O2. The van der Waals surface area contributed by atoms with Crippen LogP contribution in [0.4, 0.5) is 0 Å². The third-order valence-corrected chi connectivity index (χ3v) is 1.49. The molecule has 0 aromatic carbocycles. The molecule has 52 valence electrons. The molecule has 0 fully saturated rings. The lowest BCUT2D eigenvalue weighted by molar-refractivity contribution is -0.136. The number of terminal acetylenes is 1. The summed E-state index contributed by atoms with van der Waals surface area (Å²) in [4.78, 5) is 10.8. The highest BCUT2D eigenvalue weighted by Gasteiger charge is 2.21. The Bertz CT molecular complexity index is 230. The number of hydrogen-bond donors (Lipinski definition) is 0. The van der Waals surface area contributed by atoms with Crippen LogP contribution in [0.2, 0.25) is 0 Å². The summed E-state index contributed by atoms with van der Waals surface area (Å²) in [7, 11) is 0. The fourth-order valence-electron chi connectivity index (χ4n) is 0.922. The van der Waals surface area contributed by atoms with Crippen molar-refractivity contribution in [3.05, 3.63) is 11.1 Å². The smallest absolute Gasteiger partial charge is 0.335 e. The first-order chi connectivity index (χ1) is 4.79. The van der Waals surface area contributed by atoms with Crippen LogP contribution >= 0.6 is 0 Å². The molecule has 2 heteroatoms. The van der Waals surface area contributed by atoms with Crippen LogP contribution in [-0.2, 0) is 9.53 Å². The van der Waals surface area contributed by atoms with Gasteiger partial charge in [-0.1, -0.05) is 12.8 Å². The van der Waals surface area contributed by atoms with E-state index in [1.165, 1.54) is 0 Å². The minimum absolute atomic E-state index is 0.254. The fourth-order valence-corrected chi connectivity index (χ4v) is 0.922. The first kappa shape index (κ1) is 6.88. The number of esters is 1. The largest absolute Gasteiger partial charge is 0.457 e. The second-order valence-corrected chi connectivity index (χ2v) is 2.03. The average Bonchev–Trinajstić information content (AvgIpc) is 2.30. The predicted molar refractivity (Wildman–Crippen MR) is 37.1 cm³/mol. The van der Waals surface area contributed by atoms with E-state index in [9.17, 15) is 4.79 Å². The van der Waals surface area contributed by atoms with E-state index in [0.29, 0.717) is 24.2 Å². The summed E-state index contributed by atoms with van der Waals surface area (Å²) in [6.45, 7) is 2.18. The zero-order valence-corrected chi connectivity index (χ0v) is 5.81. The van der Waals surface area contributed by atoms with E-state index in [2.05, 4.69) is 5.92 Å². The molecule has 1 rings (SSSR count). The molecule has 0 aromatic rings. The minimum atomic E-state index is -0.254. The molecule has 0 unspecified atom stereocenters. The van der Waals surface area contributed by atoms with Gasteiger partial charge in [0.15, 0.2) is 0 Å². The van der Waals surface area contributed by atoms with Crippen LogP contribution in [0, 0.1) is 12.3 Å². The van der Waals surface area contributed by atoms with Gasteiger partial charge in [-0.2, -0.15) is 0 Å². The number of carbonyl (C=O) groups excluding carboxylic acids is 1. The third-order valence-electron chi connectivity index (χ3n) is 1.49. The van der Waals surface area contributed by atoms with Crippen LogP contribution in [0.25, 0.3) is 0 Å². The Labute approximate surface area is 59.9 Å². The summed E-state index contributed by atoms with van der Waals surface area (Å²) in [6.07, 6.45) is 5.79. The zero-order chi connectivity index (χ0) is 7.56. The van der Waals surface area contributed by atoms with E-state index in [1.54, 1.807) is 0 Å². The Kier molecular flexibility index (Phi) is 1.77. The molecule has 0 aromatic heterocycles. The maximum atomic E-state index is 10.8. The molecule has 0 saturated heterocycles. The van der Waals surface area contributed by atoms with Gasteiger partial charge in [-0.25, -0.2) is 4.79 Å². The molecule has 1 aliphatic heterocycles. The van der Waals surface area contributed by atoms with Gasteiger partial charge in [0.1, 0.15) is 6.61 Å². The Hall–Kier alpha value is -1.23. The van der Waals surface area contributed by atoms with Crippen molar-refractivity contribution in [3.8, 4) is 12.3 Å². The SMILES string of the molecule is C#CC1=C(CC)C(=O)OC1. The Balaban J connectivity index is 2.95. The highest BCUT2D eigenvalue weighted by atomic mass is 16.5. The molecule has 0 atom stereocenters. The molecule has 0 radical (unpaired) electrons. The second kappa shape index (κ2) is 2.57. The molecular weight excluding hydrogens is 128 g/mol. The maximum absolute atomic E-state index is 10.8. The van der Waals surface area contributed by atoms with Gasteiger partial charge >= 0.3 is 5.97 Å². The summed E-state index contributed by atoms with van der Waals surface area (Å²) >= 11 is 0. The highest BCUT2D eigenvalue weighted by Crippen LogP contribution is 2.17. The summed E-state index contributed by atoms with van der Waals surface area (Å²) in [5.74, 6) is 2.17. The van der Waals surface area contributed by atoms with E-state index >= 15 is 0 Å². The quantitative estimate of drug-likeness (QED) is 0.395. The van der Waals surface area contributed by atoms with Gasteiger partial charge in [0, 0.05) is 5.57 Å². The standard InChI is InChI=1S/C8H8O2/c1-3-6-5-10-8(9)7(6)4-2/h1H,4-5H2,2H3. The predicted octanol–water partition coefficient (Wildman–Crippen LogP) is 0.883. The van der Waals surface area contributed by atoms with Crippen molar-refractivity contribution in [1.82, 2.24) is 0 Å². The molecule has 1 aliphatic rings. The van der Waals surface area contributed by atoms with Crippen LogP contribution < -0.4 is 0 Å². The van der Waals surface area contributed by atoms with E-state index in [4.69, 9.17) is 11.2 Å². The van der Waals surface area contributed by atoms with Gasteiger partial charge < -0.3 is 4.74 Å². The van der Waals surface area contributed by atoms with Gasteiger partial charge in [0.25, 0.3) is 0 Å². The van der Waals surface area contributed by atoms with Crippen molar-refractivity contribution in [2.75, 3.05) is 6.61 Å². The van der Waals surface area contributed by atoms with Crippen molar-refractivity contribution in [2.24, 2.45) is 0 Å². The van der Waals surface area contributed by atoms with Gasteiger partial charge in [0.2, 0.25) is 0 Å². The van der Waals surface area contributed by atoms with E-state index in [-0.39, 0.29) is 5.97 Å². The molecule has 0 bridgehead atoms. The first-order valence-corrected chi connectivity index (χ1v) is 3.15. The van der Waals surface area contributed by atoms with Gasteiger partial charge in [0.05, 0.1) is 5.57 Å². The molecule has 0 N–H and O–H groups in total. The van der Waals surface area contributed by atoms with Crippen LogP contribution in [0.15, 0.2) is 11.1 Å². The number of ether oxygens (including phenoxy) is 1. The third kappa shape index (κ3) is 0.906. The molecule has 10 heavy (non-hydrogen) atoms. The average molecular weight is 136 g/mol. The number of hydrogen-bond acceptors (Lipinski definition) is 2. The summed E-state index contributed by atoms with van der Waals surface area (Å²) < 4.78 is 4.70. The van der Waals surface area contributed by atoms with Gasteiger partial charge in [-0.15, -0.1) is 6.42 Å².